The van der Waals surface area contributed by atoms with Gasteiger partial charge in [-0.15, -0.1) is 0 Å². The Morgan fingerprint density at radius 1 is 0.971 bits per heavy atom. The smallest absolute Gasteiger partial charge is 0.257 e. The highest BCUT2D eigenvalue weighted by atomic mass is 32.1. The third-order valence-corrected chi connectivity index (χ3v) is 6.72. The molecule has 1 saturated heterocycles. The van der Waals surface area contributed by atoms with E-state index in [0.29, 0.717) is 17.6 Å². The Hall–Kier alpha value is -3.47. The summed E-state index contributed by atoms with van der Waals surface area (Å²) in [6.45, 7) is 4.10. The number of anilines is 2. The Bertz CT molecular complexity index is 1350. The summed E-state index contributed by atoms with van der Waals surface area (Å²) in [7, 11) is 0. The van der Waals surface area contributed by atoms with Crippen LogP contribution in [-0.2, 0) is 6.54 Å². The van der Waals surface area contributed by atoms with E-state index >= 15 is 0 Å². The van der Waals surface area contributed by atoms with E-state index in [1.807, 2.05) is 36.4 Å². The topological polar surface area (TPSA) is 73.4 Å². The first-order chi connectivity index (χ1) is 17.0. The average Bonchev–Trinajstić information content (AvgIpc) is 3.34. The second-order valence-electron chi connectivity index (χ2n) is 8.28. The highest BCUT2D eigenvalue weighted by molar-refractivity contribution is 7.80. The zero-order valence-electron chi connectivity index (χ0n) is 18.8. The summed E-state index contributed by atoms with van der Waals surface area (Å²) >= 11 is 6.43. The molecule has 5 rings (SSSR count). The molecule has 1 aliphatic rings. The van der Waals surface area contributed by atoms with Crippen molar-refractivity contribution in [2.24, 2.45) is 0 Å². The molecule has 1 fully saturated rings. The van der Waals surface area contributed by atoms with Crippen molar-refractivity contribution in [3.05, 3.63) is 83.7 Å². The van der Waals surface area contributed by atoms with E-state index in [0.717, 1.165) is 60.4 Å². The predicted molar refractivity (Wildman–Crippen MR) is 141 cm³/mol. The lowest BCUT2D eigenvalue weighted by atomic mass is 10.1. The van der Waals surface area contributed by atoms with Gasteiger partial charge in [-0.2, -0.15) is 8.75 Å². The molecule has 1 amide bonds. The summed E-state index contributed by atoms with van der Waals surface area (Å²) in [5.41, 5.74) is 4.56. The van der Waals surface area contributed by atoms with Crippen LogP contribution in [0.3, 0.4) is 0 Å². The van der Waals surface area contributed by atoms with Gasteiger partial charge in [-0.05, 0) is 60.7 Å². The fourth-order valence-electron chi connectivity index (χ4n) is 4.05. The van der Waals surface area contributed by atoms with Gasteiger partial charge < -0.3 is 10.2 Å². The molecule has 3 aromatic carbocycles. The molecule has 178 valence electrons. The quantitative estimate of drug-likeness (QED) is 0.392. The minimum Gasteiger partial charge on any atom is -0.369 e. The van der Waals surface area contributed by atoms with E-state index in [1.165, 1.54) is 6.07 Å². The van der Waals surface area contributed by atoms with Crippen LogP contribution in [0.1, 0.15) is 15.9 Å². The molecule has 2 N–H and O–H groups in total. The van der Waals surface area contributed by atoms with Crippen LogP contribution in [0.15, 0.2) is 66.7 Å². The lowest BCUT2D eigenvalue weighted by Gasteiger charge is -2.36. The van der Waals surface area contributed by atoms with Gasteiger partial charge in [0.25, 0.3) is 5.91 Å². The fraction of sp³-hybridized carbons (Fsp3) is 0.200. The molecule has 0 atom stereocenters. The lowest BCUT2D eigenvalue weighted by Crippen LogP contribution is -2.46. The first-order valence-corrected chi connectivity index (χ1v) is 12.3. The van der Waals surface area contributed by atoms with Crippen LogP contribution in [0.5, 0.6) is 0 Å². The Morgan fingerprint density at radius 3 is 2.49 bits per heavy atom. The molecule has 4 aromatic rings. The van der Waals surface area contributed by atoms with Gasteiger partial charge in [-0.1, -0.05) is 18.2 Å². The maximum absolute atomic E-state index is 13.9. The zero-order valence-corrected chi connectivity index (χ0v) is 20.4. The first-order valence-electron chi connectivity index (χ1n) is 11.2. The standard InChI is InChI=1S/C25H23FN6OS2/c26-21-4-2-1-3-18(21)16-31-11-13-32(14-12-31)20-8-6-19(7-9-20)27-25(34)28-24(33)17-5-10-22-23(15-17)30-35-29-22/h1-10,15H,11-14,16H2,(H2,27,28,33,34). The van der Waals surface area contributed by atoms with Crippen LogP contribution in [0, 0.1) is 5.82 Å². The van der Waals surface area contributed by atoms with Gasteiger partial charge in [0.05, 0.1) is 11.7 Å². The number of rotatable bonds is 5. The van der Waals surface area contributed by atoms with Crippen LogP contribution < -0.4 is 15.5 Å². The minimum atomic E-state index is -0.303. The molecule has 0 spiro atoms. The largest absolute Gasteiger partial charge is 0.369 e. The Balaban J connectivity index is 1.12. The van der Waals surface area contributed by atoms with Crippen LogP contribution >= 0.6 is 23.9 Å². The highest BCUT2D eigenvalue weighted by Gasteiger charge is 2.18. The van der Waals surface area contributed by atoms with E-state index in [-0.39, 0.29) is 16.8 Å². The second-order valence-corrected chi connectivity index (χ2v) is 9.21. The molecule has 0 radical (unpaired) electrons. The molecule has 0 saturated carbocycles. The number of benzene rings is 3. The summed E-state index contributed by atoms with van der Waals surface area (Å²) in [6.07, 6.45) is 0. The van der Waals surface area contributed by atoms with Crippen molar-refractivity contribution in [2.45, 2.75) is 6.54 Å². The molecule has 2 heterocycles. The van der Waals surface area contributed by atoms with Crippen molar-refractivity contribution in [1.29, 1.82) is 0 Å². The normalized spacial score (nSPS) is 14.1. The van der Waals surface area contributed by atoms with Crippen molar-refractivity contribution >= 4 is 57.4 Å². The number of aromatic nitrogens is 2. The summed E-state index contributed by atoms with van der Waals surface area (Å²) in [6, 6.07) is 20.0. The summed E-state index contributed by atoms with van der Waals surface area (Å²) in [4.78, 5) is 17.1. The van der Waals surface area contributed by atoms with Crippen LogP contribution in [0.2, 0.25) is 0 Å². The molecule has 0 aliphatic carbocycles. The zero-order chi connectivity index (χ0) is 24.2. The van der Waals surface area contributed by atoms with Gasteiger partial charge in [0.1, 0.15) is 16.9 Å². The molecule has 1 aromatic heterocycles. The van der Waals surface area contributed by atoms with Gasteiger partial charge in [0.15, 0.2) is 5.11 Å². The predicted octanol–water partition coefficient (Wildman–Crippen LogP) is 4.28. The van der Waals surface area contributed by atoms with Crippen molar-refractivity contribution in [2.75, 3.05) is 36.4 Å². The summed E-state index contributed by atoms with van der Waals surface area (Å²) in [5, 5.41) is 5.98. The number of halogens is 1. The molecule has 0 bridgehead atoms. The molecule has 7 nitrogen and oxygen atoms in total. The number of fused-ring (bicyclic) bond motifs is 1. The van der Waals surface area contributed by atoms with Crippen LogP contribution in [0.25, 0.3) is 11.0 Å². The third-order valence-electron chi connectivity index (χ3n) is 5.96. The van der Waals surface area contributed by atoms with Gasteiger partial charge in [0, 0.05) is 55.2 Å². The van der Waals surface area contributed by atoms with E-state index in [1.54, 1.807) is 24.3 Å². The van der Waals surface area contributed by atoms with Gasteiger partial charge in [0.2, 0.25) is 0 Å². The van der Waals surface area contributed by atoms with E-state index in [4.69, 9.17) is 12.2 Å². The van der Waals surface area contributed by atoms with Gasteiger partial charge in [-0.3, -0.25) is 15.0 Å². The van der Waals surface area contributed by atoms with Crippen molar-refractivity contribution in [1.82, 2.24) is 19.0 Å². The molecule has 1 aliphatic heterocycles. The van der Waals surface area contributed by atoms with Crippen molar-refractivity contribution in [3.63, 3.8) is 0 Å². The molecular formula is C25H23FN6OS2. The molecule has 10 heteroatoms. The summed E-state index contributed by atoms with van der Waals surface area (Å²) < 4.78 is 22.2. The van der Waals surface area contributed by atoms with Gasteiger partial charge >= 0.3 is 0 Å². The molecule has 35 heavy (non-hydrogen) atoms. The number of amides is 1. The first kappa shape index (κ1) is 23.3. The van der Waals surface area contributed by atoms with Crippen molar-refractivity contribution < 1.29 is 9.18 Å². The second kappa shape index (κ2) is 10.4. The SMILES string of the molecule is O=C(NC(=S)Nc1ccc(N2CCN(Cc3ccccc3F)CC2)cc1)c1ccc2nsnc2c1. The number of hydrogen-bond acceptors (Lipinski definition) is 7. The average molecular weight is 507 g/mol. The van der Waals surface area contributed by atoms with E-state index in [2.05, 4.69) is 29.2 Å². The molecular weight excluding hydrogens is 483 g/mol. The van der Waals surface area contributed by atoms with E-state index < -0.39 is 0 Å². The monoisotopic (exact) mass is 506 g/mol. The van der Waals surface area contributed by atoms with Crippen LogP contribution in [-0.4, -0.2) is 50.8 Å². The number of thiocarbonyl (C=S) groups is 1. The van der Waals surface area contributed by atoms with E-state index in [9.17, 15) is 9.18 Å². The number of hydrogen-bond donors (Lipinski definition) is 2. The minimum absolute atomic E-state index is 0.148. The lowest BCUT2D eigenvalue weighted by molar-refractivity contribution is 0.0978. The fourth-order valence-corrected chi connectivity index (χ4v) is 4.78. The number of carbonyl (C=O) groups is 1. The molecule has 0 unspecified atom stereocenters. The van der Waals surface area contributed by atoms with Crippen molar-refractivity contribution in [3.8, 4) is 0 Å². The number of piperazine rings is 1. The van der Waals surface area contributed by atoms with Gasteiger partial charge in [-0.25, -0.2) is 4.39 Å². The Morgan fingerprint density at radius 2 is 1.71 bits per heavy atom. The summed E-state index contributed by atoms with van der Waals surface area (Å²) in [5.74, 6) is -0.452. The third kappa shape index (κ3) is 5.61. The number of carbonyl (C=O) groups excluding carboxylic acids is 1. The number of nitrogens with zero attached hydrogens (tertiary/aromatic N) is 4. The number of nitrogens with one attached hydrogen (secondary N) is 2. The maximum Gasteiger partial charge on any atom is 0.257 e. The Labute approximate surface area is 211 Å². The Kier molecular flexibility index (Phi) is 6.94. The highest BCUT2D eigenvalue weighted by Crippen LogP contribution is 2.21. The maximum atomic E-state index is 13.9. The van der Waals surface area contributed by atoms with Crippen LogP contribution in [0.4, 0.5) is 15.8 Å².